The minimum atomic E-state index is -3.47. The number of carbonyl (C=O) groups excluding carboxylic acids is 2. The zero-order chi connectivity index (χ0) is 24.1. The number of hydrogen-bond donors (Lipinski definition) is 2. The van der Waals surface area contributed by atoms with Gasteiger partial charge in [-0.2, -0.15) is 5.10 Å². The number of anilines is 1. The van der Waals surface area contributed by atoms with E-state index in [2.05, 4.69) is 15.1 Å². The van der Waals surface area contributed by atoms with Gasteiger partial charge in [0, 0.05) is 24.3 Å². The van der Waals surface area contributed by atoms with E-state index in [0.29, 0.717) is 12.1 Å². The highest BCUT2D eigenvalue weighted by molar-refractivity contribution is 7.89. The number of nitrogens with zero attached hydrogens (tertiary/aromatic N) is 2. The summed E-state index contributed by atoms with van der Waals surface area (Å²) >= 11 is 0. The minimum absolute atomic E-state index is 0.0593. The molecule has 34 heavy (non-hydrogen) atoms. The number of carbonyl (C=O) groups is 2. The number of nitrogens with one attached hydrogen (secondary N) is 2. The third-order valence-corrected chi connectivity index (χ3v) is 6.80. The van der Waals surface area contributed by atoms with Gasteiger partial charge in [-0.05, 0) is 74.2 Å². The summed E-state index contributed by atoms with van der Waals surface area (Å²) in [6, 6.07) is 15.3. The van der Waals surface area contributed by atoms with E-state index in [1.54, 1.807) is 72.4 Å². The van der Waals surface area contributed by atoms with Gasteiger partial charge in [0.25, 0.3) is 0 Å². The van der Waals surface area contributed by atoms with Gasteiger partial charge >= 0.3 is 5.97 Å². The first-order chi connectivity index (χ1) is 16.3. The van der Waals surface area contributed by atoms with Crippen molar-refractivity contribution in [1.29, 1.82) is 0 Å². The molecule has 0 aliphatic heterocycles. The summed E-state index contributed by atoms with van der Waals surface area (Å²) in [6.07, 6.45) is 4.18. The third kappa shape index (κ3) is 6.09. The molecule has 1 aliphatic carbocycles. The molecule has 0 bridgehead atoms. The molecule has 1 heterocycles. The number of benzene rings is 2. The van der Waals surface area contributed by atoms with Gasteiger partial charge in [0.2, 0.25) is 15.9 Å². The molecule has 1 aliphatic rings. The highest BCUT2D eigenvalue weighted by Gasteiger charge is 2.27. The average Bonchev–Trinajstić information content (AvgIpc) is 3.48. The van der Waals surface area contributed by atoms with Crippen LogP contribution in [0.4, 0.5) is 5.69 Å². The number of amides is 1. The maximum atomic E-state index is 12.3. The minimum Gasteiger partial charge on any atom is -0.461 e. The number of sulfonamides is 1. The fraction of sp³-hybridized carbons (Fsp3) is 0.292. The Bertz CT molecular complexity index is 1260. The Kier molecular flexibility index (Phi) is 7.09. The van der Waals surface area contributed by atoms with Crippen molar-refractivity contribution in [3.8, 4) is 5.69 Å². The number of aryl methyl sites for hydroxylation is 1. The molecular formula is C24H26N4O5S. The van der Waals surface area contributed by atoms with Crippen molar-refractivity contribution in [2.45, 2.75) is 43.5 Å². The Labute approximate surface area is 198 Å². The first kappa shape index (κ1) is 23.7. The molecule has 2 N–H and O–H groups in total. The normalized spacial score (nSPS) is 13.4. The van der Waals surface area contributed by atoms with E-state index in [9.17, 15) is 18.0 Å². The van der Waals surface area contributed by atoms with Gasteiger partial charge in [0.05, 0.1) is 17.2 Å². The van der Waals surface area contributed by atoms with Gasteiger partial charge in [-0.1, -0.05) is 12.1 Å². The van der Waals surface area contributed by atoms with Gasteiger partial charge in [0.15, 0.2) is 5.69 Å². The van der Waals surface area contributed by atoms with Gasteiger partial charge in [0.1, 0.15) is 0 Å². The summed E-state index contributed by atoms with van der Waals surface area (Å²) < 4.78 is 33.6. The molecular weight excluding hydrogens is 456 g/mol. The zero-order valence-corrected chi connectivity index (χ0v) is 19.5. The lowest BCUT2D eigenvalue weighted by molar-refractivity contribution is -0.116. The molecule has 178 valence electrons. The van der Waals surface area contributed by atoms with Crippen molar-refractivity contribution >= 4 is 27.6 Å². The van der Waals surface area contributed by atoms with Crippen LogP contribution in [0.25, 0.3) is 5.69 Å². The fourth-order valence-corrected chi connectivity index (χ4v) is 4.59. The molecule has 0 atom stereocenters. The molecule has 1 saturated carbocycles. The molecule has 1 amide bonds. The molecule has 0 saturated heterocycles. The lowest BCUT2D eigenvalue weighted by Gasteiger charge is -2.08. The number of aromatic nitrogens is 2. The highest BCUT2D eigenvalue weighted by atomic mass is 32.2. The zero-order valence-electron chi connectivity index (χ0n) is 18.7. The van der Waals surface area contributed by atoms with Crippen molar-refractivity contribution in [2.24, 2.45) is 0 Å². The Morgan fingerprint density at radius 2 is 1.76 bits per heavy atom. The van der Waals surface area contributed by atoms with Crippen LogP contribution in [0.1, 0.15) is 42.2 Å². The van der Waals surface area contributed by atoms with E-state index in [4.69, 9.17) is 4.74 Å². The summed E-state index contributed by atoms with van der Waals surface area (Å²) in [7, 11) is -3.47. The third-order valence-electron chi connectivity index (χ3n) is 5.26. The molecule has 10 heteroatoms. The van der Waals surface area contributed by atoms with Gasteiger partial charge in [-0.3, -0.25) is 4.79 Å². The number of hydrogen-bond acceptors (Lipinski definition) is 6. The number of rotatable bonds is 10. The van der Waals surface area contributed by atoms with Crippen LogP contribution in [-0.2, 0) is 26.0 Å². The maximum absolute atomic E-state index is 12.3. The van der Waals surface area contributed by atoms with Crippen molar-refractivity contribution in [2.75, 3.05) is 11.9 Å². The first-order valence-electron chi connectivity index (χ1n) is 11.1. The van der Waals surface area contributed by atoms with E-state index in [0.717, 1.165) is 24.1 Å². The van der Waals surface area contributed by atoms with Crippen LogP contribution in [-0.4, -0.2) is 42.7 Å². The van der Waals surface area contributed by atoms with E-state index in [1.807, 2.05) is 0 Å². The van der Waals surface area contributed by atoms with E-state index < -0.39 is 16.0 Å². The lowest BCUT2D eigenvalue weighted by atomic mass is 10.1. The van der Waals surface area contributed by atoms with Crippen LogP contribution in [0.2, 0.25) is 0 Å². The van der Waals surface area contributed by atoms with Gasteiger partial charge in [-0.25, -0.2) is 22.6 Å². The number of esters is 1. The highest BCUT2D eigenvalue weighted by Crippen LogP contribution is 2.22. The predicted octanol–water partition coefficient (Wildman–Crippen LogP) is 3.06. The summed E-state index contributed by atoms with van der Waals surface area (Å²) in [6.45, 7) is 2.02. The van der Waals surface area contributed by atoms with Crippen LogP contribution in [0.15, 0.2) is 65.7 Å². The smallest absolute Gasteiger partial charge is 0.358 e. The molecule has 2 aromatic carbocycles. The van der Waals surface area contributed by atoms with Crippen LogP contribution in [0.3, 0.4) is 0 Å². The molecule has 3 aromatic rings. The first-order valence-corrected chi connectivity index (χ1v) is 12.6. The molecule has 9 nitrogen and oxygen atoms in total. The quantitative estimate of drug-likeness (QED) is 0.429. The van der Waals surface area contributed by atoms with Crippen LogP contribution in [0, 0.1) is 0 Å². The second-order valence-electron chi connectivity index (χ2n) is 8.00. The topological polar surface area (TPSA) is 119 Å². The van der Waals surface area contributed by atoms with Crippen molar-refractivity contribution in [1.82, 2.24) is 14.5 Å². The largest absolute Gasteiger partial charge is 0.461 e. The van der Waals surface area contributed by atoms with E-state index in [-0.39, 0.29) is 35.6 Å². The SMILES string of the molecule is CCOC(=O)c1ccn(-c2ccc(NC(=O)CCc3ccc(S(=O)(=O)NC4CC4)cc3)cc2)n1. The Morgan fingerprint density at radius 1 is 1.06 bits per heavy atom. The van der Waals surface area contributed by atoms with Crippen LogP contribution >= 0.6 is 0 Å². The lowest BCUT2D eigenvalue weighted by Crippen LogP contribution is -2.25. The monoisotopic (exact) mass is 482 g/mol. The molecule has 1 aromatic heterocycles. The second kappa shape index (κ2) is 10.2. The van der Waals surface area contributed by atoms with E-state index in [1.165, 1.54) is 0 Å². The molecule has 1 fully saturated rings. The molecule has 0 spiro atoms. The summed E-state index contributed by atoms with van der Waals surface area (Å²) in [4.78, 5) is 24.3. The predicted molar refractivity (Wildman–Crippen MR) is 126 cm³/mol. The Morgan fingerprint density at radius 3 is 2.41 bits per heavy atom. The maximum Gasteiger partial charge on any atom is 0.358 e. The standard InChI is InChI=1S/C24H26N4O5S/c1-2-33-24(30)22-15-16-28(26-22)20-10-8-18(9-11-20)25-23(29)14-5-17-3-12-21(13-4-17)34(31,32)27-19-6-7-19/h3-4,8-13,15-16,19,27H,2,5-7,14H2,1H3,(H,25,29). The molecule has 4 rings (SSSR count). The van der Waals surface area contributed by atoms with E-state index >= 15 is 0 Å². The van der Waals surface area contributed by atoms with Crippen molar-refractivity contribution in [3.63, 3.8) is 0 Å². The molecule has 0 radical (unpaired) electrons. The van der Waals surface area contributed by atoms with Crippen LogP contribution < -0.4 is 10.0 Å². The van der Waals surface area contributed by atoms with Gasteiger partial charge in [-0.15, -0.1) is 0 Å². The Balaban J connectivity index is 1.28. The Hall–Kier alpha value is -3.50. The number of ether oxygens (including phenoxy) is 1. The summed E-state index contributed by atoms with van der Waals surface area (Å²) in [5.41, 5.74) is 2.48. The second-order valence-corrected chi connectivity index (χ2v) is 9.71. The average molecular weight is 483 g/mol. The van der Waals surface area contributed by atoms with Gasteiger partial charge < -0.3 is 10.1 Å². The fourth-order valence-electron chi connectivity index (χ4n) is 3.28. The van der Waals surface area contributed by atoms with Crippen molar-refractivity contribution < 1.29 is 22.7 Å². The molecule has 0 unspecified atom stereocenters. The summed E-state index contributed by atoms with van der Waals surface area (Å²) in [5.74, 6) is -0.625. The van der Waals surface area contributed by atoms with Crippen LogP contribution in [0.5, 0.6) is 0 Å². The van der Waals surface area contributed by atoms with Crippen molar-refractivity contribution in [3.05, 3.63) is 72.1 Å². The summed E-state index contributed by atoms with van der Waals surface area (Å²) in [5, 5.41) is 7.05.